The van der Waals surface area contributed by atoms with Gasteiger partial charge in [0, 0.05) is 103 Å². The van der Waals surface area contributed by atoms with Gasteiger partial charge in [-0.25, -0.2) is 24.0 Å². The Hall–Kier alpha value is -6.23. The fourth-order valence-corrected chi connectivity index (χ4v) is 6.42. The normalized spacial score (nSPS) is 10.8. The number of carbonyl (C=O) groups is 8. The van der Waals surface area contributed by atoms with E-state index >= 15 is 0 Å². The van der Waals surface area contributed by atoms with E-state index in [-0.39, 0.29) is 62.6 Å². The Morgan fingerprint density at radius 3 is 1.07 bits per heavy atom. The monoisotopic (exact) mass is 1470 g/mol. The minimum Gasteiger partial charge on any atom is -0.444 e. The molecule has 1 aromatic rings. The quantitative estimate of drug-likeness (QED) is 0.00585. The molecule has 10 N–H and O–H groups in total. The molecule has 0 saturated heterocycles. The number of nitrogens with two attached hydrogens (primary N) is 2. The number of nitrogens with zero attached hydrogens (tertiary/aromatic N) is 3. The van der Waals surface area contributed by atoms with E-state index in [4.69, 9.17) is 73.7 Å². The van der Waals surface area contributed by atoms with Crippen LogP contribution in [0.2, 0.25) is 0 Å². The molecule has 0 heterocycles. The van der Waals surface area contributed by atoms with Gasteiger partial charge in [-0.2, -0.15) is 8.42 Å². The standard InChI is InChI=1S/C16H25NO6S.C13H25NO4.C9H18N4O3.C9H20N2O3.C8H17NO2.C7H15NO3.C3H6O.ClH/c1-13-5-7-14(8-6-13)24(19,20)22-12-11-21-10-9-17-15(18)23-16(2,3)4;1-5-11(15)7-6-9-17-10-8-14-12(16)18-13(2,3)4;1-9(2,3)16-8(14)11-4-6-15-7-5-12-13-10;1-9(2,3)14-8(12)11-5-7-13-6-4-10;1-2-8(10)4-3-6-11-7-5-9;1-7(2,3)11-6(10)8-4-5-9;1-2-3-4;/h5-8H,9-12H2,1-4H3,(H,17,18);5-10H2,1-4H3,(H,14,16);4-7H2,1-3H3,(H,11,14);4-7,10H2,1-3H3,(H,11,12);2-7,9H2,1H3;9H,4-5H2,1-3H3,(H,8,10);3H,2H2,1H3;1H. The molecule has 0 aromatic heterocycles. The molecule has 99 heavy (non-hydrogen) atoms. The Kier molecular flexibility index (Phi) is 71.2. The summed E-state index contributed by atoms with van der Waals surface area (Å²) < 4.78 is 79.5. The van der Waals surface area contributed by atoms with Crippen LogP contribution < -0.4 is 38.1 Å². The van der Waals surface area contributed by atoms with Gasteiger partial charge in [0.25, 0.3) is 10.1 Å². The van der Waals surface area contributed by atoms with Crippen molar-refractivity contribution >= 4 is 70.8 Å². The number of azide groups is 1. The number of aryl methyl sites for hydroxylation is 1. The maximum Gasteiger partial charge on any atom is 0.407 e. The second-order valence-corrected chi connectivity index (χ2v) is 26.7. The van der Waals surface area contributed by atoms with Crippen LogP contribution in [0.15, 0.2) is 34.3 Å². The van der Waals surface area contributed by atoms with E-state index in [9.17, 15) is 46.8 Å². The summed E-state index contributed by atoms with van der Waals surface area (Å²) in [6.07, 6.45) is 3.16. The van der Waals surface area contributed by atoms with Crippen LogP contribution in [0.3, 0.4) is 0 Å². The van der Waals surface area contributed by atoms with Gasteiger partial charge in [-0.05, 0) is 141 Å². The van der Waals surface area contributed by atoms with E-state index in [0.717, 1.165) is 24.7 Å². The fraction of sp³-hybridized carbons (Fsp3) is 0.785. The second-order valence-electron chi connectivity index (χ2n) is 25.1. The summed E-state index contributed by atoms with van der Waals surface area (Å²) in [5.41, 5.74) is 16.9. The van der Waals surface area contributed by atoms with Crippen LogP contribution in [0.5, 0.6) is 0 Å². The van der Waals surface area contributed by atoms with Crippen molar-refractivity contribution in [1.29, 1.82) is 0 Å². The summed E-state index contributed by atoms with van der Waals surface area (Å²) in [5.74, 6) is 0.562. The molecule has 0 saturated carbocycles. The summed E-state index contributed by atoms with van der Waals surface area (Å²) in [6.45, 7) is 41.5. The number of aliphatic hydroxyl groups is 1. The Bertz CT molecular complexity index is 2380. The maximum absolute atomic E-state index is 11.9. The third-order valence-electron chi connectivity index (χ3n) is 9.58. The molecular formula is C65H127ClN10O22S. The average molecular weight is 1470 g/mol. The summed E-state index contributed by atoms with van der Waals surface area (Å²) in [7, 11) is -3.77. The first kappa shape index (κ1) is 106. The minimum atomic E-state index is -3.77. The van der Waals surface area contributed by atoms with E-state index in [2.05, 4.69) is 36.6 Å². The highest BCUT2D eigenvalue weighted by atomic mass is 35.5. The first-order chi connectivity index (χ1) is 45.5. The van der Waals surface area contributed by atoms with Crippen molar-refractivity contribution in [2.45, 2.75) is 209 Å². The van der Waals surface area contributed by atoms with Crippen molar-refractivity contribution in [3.8, 4) is 0 Å². The van der Waals surface area contributed by atoms with Crippen LogP contribution in [0.25, 0.3) is 10.4 Å². The zero-order valence-electron chi connectivity index (χ0n) is 62.8. The van der Waals surface area contributed by atoms with E-state index in [1.165, 1.54) is 12.1 Å². The number of alkyl carbamates (subject to hydrolysis) is 5. The van der Waals surface area contributed by atoms with Gasteiger partial charge in [0.1, 0.15) is 45.9 Å². The zero-order chi connectivity index (χ0) is 76.6. The van der Waals surface area contributed by atoms with Crippen molar-refractivity contribution in [2.24, 2.45) is 16.6 Å². The first-order valence-corrected chi connectivity index (χ1v) is 34.1. The predicted octanol–water partition coefficient (Wildman–Crippen LogP) is 9.09. The van der Waals surface area contributed by atoms with Crippen LogP contribution in [0.4, 0.5) is 24.0 Å². The molecule has 0 bridgehead atoms. The number of halogens is 1. The largest absolute Gasteiger partial charge is 0.444 e. The predicted molar refractivity (Wildman–Crippen MR) is 381 cm³/mol. The molecular weight excluding hydrogens is 1340 g/mol. The summed E-state index contributed by atoms with van der Waals surface area (Å²) in [6, 6.07) is 6.40. The molecule has 0 aliphatic carbocycles. The molecule has 0 aliphatic heterocycles. The van der Waals surface area contributed by atoms with E-state index in [1.807, 2.05) is 69.2 Å². The lowest BCUT2D eigenvalue weighted by molar-refractivity contribution is -0.119. The molecule has 0 spiro atoms. The lowest BCUT2D eigenvalue weighted by Crippen LogP contribution is -2.34. The molecule has 0 aliphatic rings. The van der Waals surface area contributed by atoms with Crippen LogP contribution in [0, 0.1) is 6.92 Å². The van der Waals surface area contributed by atoms with E-state index < -0.39 is 68.6 Å². The van der Waals surface area contributed by atoms with Crippen LogP contribution in [-0.4, -0.2) is 221 Å². The zero-order valence-corrected chi connectivity index (χ0v) is 64.4. The smallest absolute Gasteiger partial charge is 0.407 e. The lowest BCUT2D eigenvalue weighted by Gasteiger charge is -2.19. The number of ether oxygens (including phenoxy) is 10. The molecule has 32 nitrogen and oxygen atoms in total. The topological polar surface area (TPSA) is 453 Å². The number of aldehydes is 1. The molecule has 5 amide bonds. The SMILES string of the molecule is CC(C)(C)OC(=O)NCCO.CC(C)(C)OC(=O)NCCOCCN.CC(C)(C)OC(=O)NCCOCCN=[N+]=[N-].CCC(=O)CCCOCCN.CCC(=O)CCCOCCNC(=O)OC(C)(C)C.CCC=O.Cc1ccc(S(=O)(=O)OCCOCCNC(=O)OC(C)(C)C)cc1.Cl. The van der Waals surface area contributed by atoms with Gasteiger partial charge in [-0.3, -0.25) is 13.8 Å². The van der Waals surface area contributed by atoms with Gasteiger partial charge in [0.2, 0.25) is 0 Å². The van der Waals surface area contributed by atoms with Gasteiger partial charge in [0.15, 0.2) is 0 Å². The summed E-state index contributed by atoms with van der Waals surface area (Å²) in [5, 5.41) is 24.3. The number of carbonyl (C=O) groups excluding carboxylic acids is 8. The van der Waals surface area contributed by atoms with Crippen LogP contribution in [-0.2, 0) is 76.1 Å². The fourth-order valence-electron chi connectivity index (χ4n) is 5.53. The Balaban J connectivity index is -0.000000207. The molecule has 0 atom stereocenters. The van der Waals surface area contributed by atoms with Crippen molar-refractivity contribution in [2.75, 3.05) is 132 Å². The number of Topliss-reactive ketones (excluding diaryl/α,β-unsaturated/α-hetero) is 2. The highest BCUT2D eigenvalue weighted by molar-refractivity contribution is 7.86. The summed E-state index contributed by atoms with van der Waals surface area (Å²) in [4.78, 5) is 89.2. The van der Waals surface area contributed by atoms with Gasteiger partial charge in [-0.15, -0.1) is 12.4 Å². The van der Waals surface area contributed by atoms with Crippen molar-refractivity contribution in [3.63, 3.8) is 0 Å². The molecule has 1 aromatic carbocycles. The number of amides is 5. The van der Waals surface area contributed by atoms with Gasteiger partial charge in [-0.1, -0.05) is 43.6 Å². The van der Waals surface area contributed by atoms with E-state index in [1.54, 1.807) is 74.4 Å². The molecule has 34 heteroatoms. The van der Waals surface area contributed by atoms with Crippen molar-refractivity contribution in [3.05, 3.63) is 40.3 Å². The maximum atomic E-state index is 11.9. The summed E-state index contributed by atoms with van der Waals surface area (Å²) >= 11 is 0. The number of hydrogen-bond acceptors (Lipinski definition) is 25. The van der Waals surface area contributed by atoms with Crippen molar-refractivity contribution in [1.82, 2.24) is 26.6 Å². The molecule has 582 valence electrons. The highest BCUT2D eigenvalue weighted by Gasteiger charge is 2.20. The van der Waals surface area contributed by atoms with Gasteiger partial charge in [0.05, 0.1) is 71.0 Å². The van der Waals surface area contributed by atoms with Gasteiger partial charge < -0.3 is 95.3 Å². The van der Waals surface area contributed by atoms with Crippen molar-refractivity contribution < 1.29 is 103 Å². The van der Waals surface area contributed by atoms with Crippen LogP contribution >= 0.6 is 12.4 Å². The number of rotatable bonds is 37. The molecule has 0 radical (unpaired) electrons. The second kappa shape index (κ2) is 66.3. The molecule has 0 fully saturated rings. The Morgan fingerprint density at radius 1 is 0.495 bits per heavy atom. The van der Waals surface area contributed by atoms with Crippen LogP contribution in [0.1, 0.15) is 175 Å². The number of nitrogens with one attached hydrogen (secondary N) is 5. The average Bonchev–Trinajstić information content (AvgIpc) is 0.850. The highest BCUT2D eigenvalue weighted by Crippen LogP contribution is 2.14. The van der Waals surface area contributed by atoms with Gasteiger partial charge >= 0.3 is 30.5 Å². The minimum absolute atomic E-state index is 0. The van der Waals surface area contributed by atoms with E-state index in [0.29, 0.717) is 130 Å². The first-order valence-electron chi connectivity index (χ1n) is 32.7. The Morgan fingerprint density at radius 2 is 0.788 bits per heavy atom. The lowest BCUT2D eigenvalue weighted by atomic mass is 10.2. The number of benzene rings is 1. The third-order valence-corrected chi connectivity index (χ3v) is 10.9. The molecule has 1 rings (SSSR count). The number of hydrogen-bond donors (Lipinski definition) is 8. The number of ketones is 2. The Labute approximate surface area is 596 Å². The number of aliphatic hydroxyl groups excluding tert-OH is 1. The third kappa shape index (κ3) is 96.0. The molecule has 0 unspecified atom stereocenters.